The molecule has 0 amide bonds. The van der Waals surface area contributed by atoms with E-state index in [1.807, 2.05) is 6.92 Å². The van der Waals surface area contributed by atoms with Gasteiger partial charge in [0.05, 0.1) is 0 Å². The second kappa shape index (κ2) is 6.77. The predicted molar refractivity (Wildman–Crippen MR) is 71.0 cm³/mol. The molecule has 0 heterocycles. The summed E-state index contributed by atoms with van der Waals surface area (Å²) in [6.07, 6.45) is 1.04. The molecule has 0 aliphatic heterocycles. The molecule has 0 aliphatic carbocycles. The van der Waals surface area contributed by atoms with Crippen LogP contribution in [0.2, 0.25) is 0 Å². The van der Waals surface area contributed by atoms with Crippen LogP contribution in [0, 0.1) is 29.1 Å². The summed E-state index contributed by atoms with van der Waals surface area (Å²) in [6.45, 7) is 1.41. The summed E-state index contributed by atoms with van der Waals surface area (Å²) in [7, 11) is 0. The van der Waals surface area contributed by atoms with Gasteiger partial charge in [-0.2, -0.15) is 4.39 Å². The zero-order valence-electron chi connectivity index (χ0n) is 11.7. The fourth-order valence-corrected chi connectivity index (χ4v) is 2.00. The monoisotopic (exact) mass is 316 g/mol. The van der Waals surface area contributed by atoms with E-state index in [0.29, 0.717) is 12.8 Å². The van der Waals surface area contributed by atoms with Gasteiger partial charge in [0.15, 0.2) is 29.0 Å². The van der Waals surface area contributed by atoms with Crippen LogP contribution in [0.15, 0.2) is 24.3 Å². The Hall–Kier alpha value is -2.11. The quantitative estimate of drug-likeness (QED) is 0.562. The lowest BCUT2D eigenvalue weighted by molar-refractivity contribution is 0.282. The van der Waals surface area contributed by atoms with E-state index >= 15 is 0 Å². The minimum atomic E-state index is -1.59. The lowest BCUT2D eigenvalue weighted by Crippen LogP contribution is -2.03. The molecule has 22 heavy (non-hydrogen) atoms. The highest BCUT2D eigenvalue weighted by atomic mass is 19.2. The normalized spacial score (nSPS) is 10.8. The molecule has 0 fully saturated rings. The average Bonchev–Trinajstić information content (AvgIpc) is 2.49. The minimum absolute atomic E-state index is 0.0335. The Morgan fingerprint density at radius 3 is 2.09 bits per heavy atom. The third-order valence-electron chi connectivity index (χ3n) is 3.08. The Kier molecular flexibility index (Phi) is 5.00. The molecule has 2 aromatic carbocycles. The first-order valence-corrected chi connectivity index (χ1v) is 6.67. The van der Waals surface area contributed by atoms with Crippen LogP contribution in [0.25, 0.3) is 0 Å². The summed E-state index contributed by atoms with van der Waals surface area (Å²) in [5.74, 6) is -6.87. The molecule has 0 atom stereocenters. The molecule has 1 nitrogen and oxygen atoms in total. The van der Waals surface area contributed by atoms with Crippen LogP contribution in [0.1, 0.15) is 24.5 Å². The highest BCUT2D eigenvalue weighted by Gasteiger charge is 2.15. The van der Waals surface area contributed by atoms with Crippen molar-refractivity contribution in [2.24, 2.45) is 0 Å². The molecule has 0 aromatic heterocycles. The minimum Gasteiger partial charge on any atom is -0.486 e. The highest BCUT2D eigenvalue weighted by Crippen LogP contribution is 2.25. The van der Waals surface area contributed by atoms with Gasteiger partial charge in [-0.05, 0) is 35.7 Å². The van der Waals surface area contributed by atoms with Crippen molar-refractivity contribution < 1.29 is 26.7 Å². The third kappa shape index (κ3) is 3.37. The molecule has 2 aromatic rings. The lowest BCUT2D eigenvalue weighted by Gasteiger charge is -2.10. The maximum atomic E-state index is 13.8. The SMILES string of the molecule is CCCc1ccc(OCc2cc(F)c(F)c(F)c2)c(F)c1F. The fraction of sp³-hybridized carbons (Fsp3) is 0.250. The Bertz CT molecular complexity index is 661. The Balaban J connectivity index is 2.17. The summed E-state index contributed by atoms with van der Waals surface area (Å²) < 4.78 is 71.4. The van der Waals surface area contributed by atoms with Gasteiger partial charge < -0.3 is 4.74 Å². The van der Waals surface area contributed by atoms with Crippen molar-refractivity contribution in [3.8, 4) is 5.75 Å². The summed E-state index contributed by atoms with van der Waals surface area (Å²) in [5, 5.41) is 0. The second-order valence-electron chi connectivity index (χ2n) is 4.76. The van der Waals surface area contributed by atoms with Gasteiger partial charge in [0.1, 0.15) is 6.61 Å². The molecular weight excluding hydrogens is 303 g/mol. The largest absolute Gasteiger partial charge is 0.486 e. The lowest BCUT2D eigenvalue weighted by atomic mass is 10.1. The van der Waals surface area contributed by atoms with E-state index in [9.17, 15) is 22.0 Å². The van der Waals surface area contributed by atoms with E-state index in [1.165, 1.54) is 12.1 Å². The molecule has 0 spiro atoms. The first kappa shape index (κ1) is 16.3. The van der Waals surface area contributed by atoms with E-state index in [2.05, 4.69) is 0 Å². The predicted octanol–water partition coefficient (Wildman–Crippen LogP) is 4.91. The molecule has 0 N–H and O–H groups in total. The number of hydrogen-bond donors (Lipinski definition) is 0. The number of benzene rings is 2. The molecular formula is C16H13F5O. The number of aryl methyl sites for hydroxylation is 1. The molecule has 6 heteroatoms. The maximum absolute atomic E-state index is 13.8. The van der Waals surface area contributed by atoms with Crippen LogP contribution >= 0.6 is 0 Å². The van der Waals surface area contributed by atoms with Crippen molar-refractivity contribution in [2.45, 2.75) is 26.4 Å². The van der Waals surface area contributed by atoms with Gasteiger partial charge in [-0.25, -0.2) is 17.6 Å². The summed E-state index contributed by atoms with van der Waals surface area (Å²) in [5.41, 5.74) is 0.195. The molecule has 0 saturated carbocycles. The zero-order chi connectivity index (χ0) is 16.3. The number of halogens is 5. The maximum Gasteiger partial charge on any atom is 0.200 e. The molecule has 118 valence electrons. The molecule has 0 radical (unpaired) electrons. The van der Waals surface area contributed by atoms with Gasteiger partial charge in [-0.3, -0.25) is 0 Å². The summed E-state index contributed by atoms with van der Waals surface area (Å²) in [4.78, 5) is 0. The van der Waals surface area contributed by atoms with Gasteiger partial charge in [0.25, 0.3) is 0 Å². The number of rotatable bonds is 5. The van der Waals surface area contributed by atoms with E-state index < -0.39 is 35.7 Å². The second-order valence-corrected chi connectivity index (χ2v) is 4.76. The topological polar surface area (TPSA) is 9.23 Å². The molecule has 0 bridgehead atoms. The molecule has 0 unspecified atom stereocenters. The molecule has 0 saturated heterocycles. The van der Waals surface area contributed by atoms with Gasteiger partial charge in [-0.1, -0.05) is 19.4 Å². The fourth-order valence-electron chi connectivity index (χ4n) is 2.00. The van der Waals surface area contributed by atoms with Gasteiger partial charge >= 0.3 is 0 Å². The Morgan fingerprint density at radius 2 is 1.50 bits per heavy atom. The number of ether oxygens (including phenoxy) is 1. The van der Waals surface area contributed by atoms with Crippen LogP contribution in [0.4, 0.5) is 22.0 Å². The smallest absolute Gasteiger partial charge is 0.200 e. The van der Waals surface area contributed by atoms with Gasteiger partial charge in [0.2, 0.25) is 5.82 Å². The molecule has 0 aliphatic rings. The van der Waals surface area contributed by atoms with Crippen molar-refractivity contribution in [2.75, 3.05) is 0 Å². The highest BCUT2D eigenvalue weighted by molar-refractivity contribution is 5.31. The van der Waals surface area contributed by atoms with Gasteiger partial charge in [0, 0.05) is 0 Å². The number of hydrogen-bond acceptors (Lipinski definition) is 1. The van der Waals surface area contributed by atoms with Crippen molar-refractivity contribution in [1.82, 2.24) is 0 Å². The standard InChI is InChI=1S/C16H13F5O/c1-2-3-10-4-5-13(16(21)14(10)19)22-8-9-6-11(17)15(20)12(18)7-9/h4-7H,2-3,8H2,1H3. The third-order valence-corrected chi connectivity index (χ3v) is 3.08. The van der Waals surface area contributed by atoms with E-state index in [1.54, 1.807) is 0 Å². The van der Waals surface area contributed by atoms with Crippen LogP contribution in [-0.4, -0.2) is 0 Å². The van der Waals surface area contributed by atoms with Crippen LogP contribution in [-0.2, 0) is 13.0 Å². The van der Waals surface area contributed by atoms with E-state index in [-0.39, 0.29) is 16.9 Å². The van der Waals surface area contributed by atoms with Crippen molar-refractivity contribution in [3.05, 3.63) is 64.5 Å². The first-order valence-electron chi connectivity index (χ1n) is 6.67. The van der Waals surface area contributed by atoms with E-state index in [0.717, 1.165) is 12.1 Å². The Labute approximate surface area is 124 Å². The summed E-state index contributed by atoms with van der Waals surface area (Å²) in [6, 6.07) is 4.11. The zero-order valence-corrected chi connectivity index (χ0v) is 11.7. The average molecular weight is 316 g/mol. The first-order chi connectivity index (χ1) is 10.4. The van der Waals surface area contributed by atoms with Gasteiger partial charge in [-0.15, -0.1) is 0 Å². The van der Waals surface area contributed by atoms with Crippen molar-refractivity contribution in [3.63, 3.8) is 0 Å². The summed E-state index contributed by atoms with van der Waals surface area (Å²) >= 11 is 0. The van der Waals surface area contributed by atoms with Crippen molar-refractivity contribution >= 4 is 0 Å². The van der Waals surface area contributed by atoms with Crippen LogP contribution < -0.4 is 4.74 Å². The molecule has 2 rings (SSSR count). The van der Waals surface area contributed by atoms with Crippen LogP contribution in [0.5, 0.6) is 5.75 Å². The van der Waals surface area contributed by atoms with E-state index in [4.69, 9.17) is 4.74 Å². The Morgan fingerprint density at radius 1 is 0.864 bits per heavy atom. The van der Waals surface area contributed by atoms with Crippen LogP contribution in [0.3, 0.4) is 0 Å². The van der Waals surface area contributed by atoms with Crippen molar-refractivity contribution in [1.29, 1.82) is 0 Å².